The van der Waals surface area contributed by atoms with Crippen LogP contribution in [0.5, 0.6) is 0 Å². The van der Waals surface area contributed by atoms with E-state index in [1.807, 2.05) is 83.6 Å². The Morgan fingerprint density at radius 2 is 1.56 bits per heavy atom. The Morgan fingerprint density at radius 3 is 2.07 bits per heavy atom. The van der Waals surface area contributed by atoms with Crippen molar-refractivity contribution < 1.29 is 4.79 Å². The highest BCUT2D eigenvalue weighted by molar-refractivity contribution is 5.98. The van der Waals surface area contributed by atoms with Crippen molar-refractivity contribution in [3.63, 3.8) is 0 Å². The van der Waals surface area contributed by atoms with E-state index in [2.05, 4.69) is 15.3 Å². The first kappa shape index (κ1) is 16.7. The summed E-state index contributed by atoms with van der Waals surface area (Å²) >= 11 is 0. The van der Waals surface area contributed by atoms with Gasteiger partial charge >= 0.3 is 0 Å². The molecule has 5 nitrogen and oxygen atoms in total. The number of imidazole rings is 1. The van der Waals surface area contributed by atoms with Crippen LogP contribution >= 0.6 is 0 Å². The van der Waals surface area contributed by atoms with Crippen LogP contribution in [-0.4, -0.2) is 20.4 Å². The van der Waals surface area contributed by atoms with E-state index in [1.54, 1.807) is 18.7 Å². The van der Waals surface area contributed by atoms with Crippen molar-refractivity contribution in [1.82, 2.24) is 14.5 Å². The topological polar surface area (TPSA) is 59.8 Å². The van der Waals surface area contributed by atoms with Crippen LogP contribution in [-0.2, 0) is 4.79 Å². The number of nitrogens with one attached hydrogen (secondary N) is 1. The second-order valence-electron chi connectivity index (χ2n) is 6.12. The molecular weight excluding hydrogens is 336 g/mol. The molecule has 0 saturated carbocycles. The first-order valence-corrected chi connectivity index (χ1v) is 8.66. The van der Waals surface area contributed by atoms with Gasteiger partial charge in [0, 0.05) is 12.4 Å². The van der Waals surface area contributed by atoms with Gasteiger partial charge in [0.15, 0.2) is 0 Å². The van der Waals surface area contributed by atoms with Gasteiger partial charge in [-0.3, -0.25) is 9.36 Å². The number of carbonyl (C=O) groups excluding carboxylic acids is 1. The van der Waals surface area contributed by atoms with Crippen molar-refractivity contribution >= 4 is 11.6 Å². The molecule has 5 heteroatoms. The largest absolute Gasteiger partial charge is 0.324 e. The molecule has 4 rings (SSSR count). The van der Waals surface area contributed by atoms with Crippen molar-refractivity contribution in [1.29, 1.82) is 0 Å². The normalized spacial score (nSPS) is 10.7. The molecule has 0 atom stereocenters. The number of amides is 1. The number of carbonyl (C=O) groups is 1. The number of rotatable bonds is 5. The van der Waals surface area contributed by atoms with Gasteiger partial charge < -0.3 is 5.32 Å². The third-order valence-corrected chi connectivity index (χ3v) is 4.31. The fraction of sp³-hybridized carbons (Fsp3) is 0.0455. The molecule has 1 amide bonds. The van der Waals surface area contributed by atoms with Crippen LogP contribution < -0.4 is 5.32 Å². The molecule has 0 aliphatic carbocycles. The lowest BCUT2D eigenvalue weighted by Gasteiger charge is -2.18. The molecule has 27 heavy (non-hydrogen) atoms. The average molecular weight is 354 g/mol. The summed E-state index contributed by atoms with van der Waals surface area (Å²) in [5.74, 6) is 0.262. The quantitative estimate of drug-likeness (QED) is 0.588. The zero-order chi connectivity index (χ0) is 18.5. The lowest BCUT2D eigenvalue weighted by molar-refractivity contribution is -0.116. The number of pyridine rings is 1. The van der Waals surface area contributed by atoms with Crippen molar-refractivity contribution in [2.24, 2.45) is 0 Å². The summed E-state index contributed by atoms with van der Waals surface area (Å²) in [7, 11) is 0. The highest BCUT2D eigenvalue weighted by atomic mass is 16.1. The maximum atomic E-state index is 13.1. The second kappa shape index (κ2) is 7.66. The highest BCUT2D eigenvalue weighted by Gasteiger charge is 2.22. The summed E-state index contributed by atoms with van der Waals surface area (Å²) in [4.78, 5) is 21.5. The first-order chi connectivity index (χ1) is 13.3. The van der Waals surface area contributed by atoms with Gasteiger partial charge in [-0.15, -0.1) is 0 Å². The van der Waals surface area contributed by atoms with E-state index in [4.69, 9.17) is 0 Å². The molecule has 132 valence electrons. The summed E-state index contributed by atoms with van der Waals surface area (Å²) in [6.45, 7) is 0. The van der Waals surface area contributed by atoms with Crippen molar-refractivity contribution in [2.75, 3.05) is 5.32 Å². The summed E-state index contributed by atoms with van der Waals surface area (Å²) in [6, 6.07) is 23.2. The van der Waals surface area contributed by atoms with Gasteiger partial charge in [0.2, 0.25) is 5.91 Å². The molecule has 2 heterocycles. The lowest BCUT2D eigenvalue weighted by atomic mass is 9.90. The Balaban J connectivity index is 1.59. The molecule has 4 aromatic rings. The molecule has 0 unspecified atom stereocenters. The standard InChI is InChI=1S/C22H18N4O/c27-22(25-19-11-12-20(24-15-19)26-14-13-23-16-26)21(17-7-3-1-4-8-17)18-9-5-2-6-10-18/h1-16,21H,(H,25,27). The van der Waals surface area contributed by atoms with E-state index in [-0.39, 0.29) is 11.8 Å². The molecule has 0 aliphatic rings. The average Bonchev–Trinajstić information content (AvgIpc) is 3.25. The third-order valence-electron chi connectivity index (χ3n) is 4.31. The van der Waals surface area contributed by atoms with Gasteiger partial charge in [-0.1, -0.05) is 60.7 Å². The number of anilines is 1. The predicted molar refractivity (Wildman–Crippen MR) is 105 cm³/mol. The first-order valence-electron chi connectivity index (χ1n) is 8.66. The molecule has 2 aromatic carbocycles. The van der Waals surface area contributed by atoms with E-state index in [1.165, 1.54) is 0 Å². The lowest BCUT2D eigenvalue weighted by Crippen LogP contribution is -2.22. The maximum Gasteiger partial charge on any atom is 0.236 e. The summed E-state index contributed by atoms with van der Waals surface area (Å²) in [6.07, 6.45) is 6.85. The van der Waals surface area contributed by atoms with Crippen molar-refractivity contribution in [3.05, 3.63) is 109 Å². The van der Waals surface area contributed by atoms with Crippen LogP contribution in [0.4, 0.5) is 5.69 Å². The Hall–Kier alpha value is -3.73. The van der Waals surface area contributed by atoms with E-state index in [0.717, 1.165) is 16.9 Å². The molecule has 0 saturated heterocycles. The van der Waals surface area contributed by atoms with E-state index in [9.17, 15) is 4.79 Å². The minimum atomic E-state index is -0.388. The van der Waals surface area contributed by atoms with Crippen molar-refractivity contribution in [3.8, 4) is 5.82 Å². The Labute approximate surface area is 157 Å². The number of hydrogen-bond donors (Lipinski definition) is 1. The zero-order valence-corrected chi connectivity index (χ0v) is 14.6. The number of benzene rings is 2. The molecule has 0 bridgehead atoms. The van der Waals surface area contributed by atoms with Crippen LogP contribution in [0, 0.1) is 0 Å². The van der Waals surface area contributed by atoms with Crippen LogP contribution in [0.1, 0.15) is 17.0 Å². The molecule has 1 N–H and O–H groups in total. The predicted octanol–water partition coefficient (Wildman–Crippen LogP) is 4.04. The van der Waals surface area contributed by atoms with Crippen LogP contribution in [0.2, 0.25) is 0 Å². The third kappa shape index (κ3) is 3.77. The Bertz CT molecular complexity index is 958. The van der Waals surface area contributed by atoms with Gasteiger partial charge in [-0.25, -0.2) is 9.97 Å². The van der Waals surface area contributed by atoms with Crippen LogP contribution in [0.25, 0.3) is 5.82 Å². The molecular formula is C22H18N4O. The highest BCUT2D eigenvalue weighted by Crippen LogP contribution is 2.26. The van der Waals surface area contributed by atoms with E-state index in [0.29, 0.717) is 5.69 Å². The zero-order valence-electron chi connectivity index (χ0n) is 14.6. The smallest absolute Gasteiger partial charge is 0.236 e. The Kier molecular flexibility index (Phi) is 4.74. The molecule has 2 aromatic heterocycles. The minimum absolute atomic E-state index is 0.0930. The number of aromatic nitrogens is 3. The minimum Gasteiger partial charge on any atom is -0.324 e. The van der Waals surface area contributed by atoms with Gasteiger partial charge in [0.1, 0.15) is 12.1 Å². The van der Waals surface area contributed by atoms with Crippen LogP contribution in [0.15, 0.2) is 97.7 Å². The summed E-state index contributed by atoms with van der Waals surface area (Å²) in [5.41, 5.74) is 2.55. The molecule has 0 aliphatic heterocycles. The fourth-order valence-corrected chi connectivity index (χ4v) is 3.01. The number of hydrogen-bond acceptors (Lipinski definition) is 3. The summed E-state index contributed by atoms with van der Waals surface area (Å²) in [5, 5.41) is 2.99. The van der Waals surface area contributed by atoms with Crippen LogP contribution in [0.3, 0.4) is 0 Å². The fourth-order valence-electron chi connectivity index (χ4n) is 3.01. The van der Waals surface area contributed by atoms with E-state index >= 15 is 0 Å². The van der Waals surface area contributed by atoms with Gasteiger partial charge in [0.05, 0.1) is 17.8 Å². The maximum absolute atomic E-state index is 13.1. The van der Waals surface area contributed by atoms with Gasteiger partial charge in [-0.05, 0) is 23.3 Å². The van der Waals surface area contributed by atoms with E-state index < -0.39 is 0 Å². The van der Waals surface area contributed by atoms with Crippen molar-refractivity contribution in [2.45, 2.75) is 5.92 Å². The van der Waals surface area contributed by atoms with Gasteiger partial charge in [-0.2, -0.15) is 0 Å². The monoisotopic (exact) mass is 354 g/mol. The summed E-state index contributed by atoms with van der Waals surface area (Å²) < 4.78 is 1.81. The molecule has 0 fully saturated rings. The Morgan fingerprint density at radius 1 is 0.889 bits per heavy atom. The van der Waals surface area contributed by atoms with Gasteiger partial charge in [0.25, 0.3) is 0 Å². The SMILES string of the molecule is O=C(Nc1ccc(-n2ccnc2)nc1)C(c1ccccc1)c1ccccc1. The second-order valence-corrected chi connectivity index (χ2v) is 6.12. The number of nitrogens with zero attached hydrogens (tertiary/aromatic N) is 3. The molecule has 0 radical (unpaired) electrons. The molecule has 0 spiro atoms.